The smallest absolute Gasteiger partial charge is 0.0702 e. The molecule has 0 saturated carbocycles. The first kappa shape index (κ1) is 15.5. The molecule has 0 radical (unpaired) electrons. The average Bonchev–Trinajstić information content (AvgIpc) is 3.10. The SMILES string of the molecule is CCN(Cc1sccc1C#CCCO)CC1CCCO1. The maximum absolute atomic E-state index is 8.78. The topological polar surface area (TPSA) is 32.7 Å². The minimum atomic E-state index is 0.132. The van der Waals surface area contributed by atoms with Gasteiger partial charge in [0, 0.05) is 36.6 Å². The van der Waals surface area contributed by atoms with Gasteiger partial charge in [0.1, 0.15) is 0 Å². The Morgan fingerprint density at radius 1 is 1.55 bits per heavy atom. The van der Waals surface area contributed by atoms with Crippen molar-refractivity contribution in [3.05, 3.63) is 21.9 Å². The first-order valence-corrected chi connectivity index (χ1v) is 8.21. The number of likely N-dealkylation sites (N-methyl/N-ethyl adjacent to an activating group) is 1. The van der Waals surface area contributed by atoms with E-state index in [1.165, 1.54) is 17.7 Å². The second kappa shape index (κ2) is 8.43. The van der Waals surface area contributed by atoms with Gasteiger partial charge in [-0.2, -0.15) is 0 Å². The molecule has 110 valence electrons. The molecule has 1 aromatic heterocycles. The van der Waals surface area contributed by atoms with E-state index in [0.29, 0.717) is 12.5 Å². The lowest BCUT2D eigenvalue weighted by atomic mass is 10.2. The van der Waals surface area contributed by atoms with Gasteiger partial charge >= 0.3 is 0 Å². The monoisotopic (exact) mass is 293 g/mol. The molecule has 2 heterocycles. The van der Waals surface area contributed by atoms with Gasteiger partial charge in [0.05, 0.1) is 12.7 Å². The molecule has 1 saturated heterocycles. The van der Waals surface area contributed by atoms with Crippen molar-refractivity contribution >= 4 is 11.3 Å². The van der Waals surface area contributed by atoms with Crippen molar-refractivity contribution in [3.63, 3.8) is 0 Å². The van der Waals surface area contributed by atoms with Gasteiger partial charge in [-0.1, -0.05) is 18.8 Å². The molecule has 1 N–H and O–H groups in total. The largest absolute Gasteiger partial charge is 0.395 e. The summed E-state index contributed by atoms with van der Waals surface area (Å²) in [6, 6.07) is 2.07. The van der Waals surface area contributed by atoms with Crippen molar-refractivity contribution in [1.82, 2.24) is 4.90 Å². The van der Waals surface area contributed by atoms with Crippen LogP contribution in [0.25, 0.3) is 0 Å². The molecular formula is C16H23NO2S. The fraction of sp³-hybridized carbons (Fsp3) is 0.625. The van der Waals surface area contributed by atoms with E-state index in [0.717, 1.165) is 31.8 Å². The van der Waals surface area contributed by atoms with Crippen molar-refractivity contribution in [2.24, 2.45) is 0 Å². The Balaban J connectivity index is 1.93. The van der Waals surface area contributed by atoms with Gasteiger partial charge < -0.3 is 9.84 Å². The summed E-state index contributed by atoms with van der Waals surface area (Å²) in [5.41, 5.74) is 1.11. The fourth-order valence-corrected chi connectivity index (χ4v) is 3.24. The molecule has 2 rings (SSSR count). The molecule has 0 bridgehead atoms. The Bertz CT molecular complexity index is 455. The molecule has 1 aromatic rings. The van der Waals surface area contributed by atoms with Gasteiger partial charge in [-0.25, -0.2) is 0 Å². The zero-order chi connectivity index (χ0) is 14.2. The Morgan fingerprint density at radius 3 is 3.15 bits per heavy atom. The van der Waals surface area contributed by atoms with Crippen LogP contribution in [-0.2, 0) is 11.3 Å². The minimum Gasteiger partial charge on any atom is -0.395 e. The molecule has 1 fully saturated rings. The Labute approximate surface area is 125 Å². The highest BCUT2D eigenvalue weighted by Crippen LogP contribution is 2.20. The maximum Gasteiger partial charge on any atom is 0.0702 e. The number of hydrogen-bond acceptors (Lipinski definition) is 4. The number of ether oxygens (including phenoxy) is 1. The van der Waals surface area contributed by atoms with Crippen LogP contribution in [0.2, 0.25) is 0 Å². The van der Waals surface area contributed by atoms with Crippen molar-refractivity contribution in [3.8, 4) is 11.8 Å². The molecule has 0 aromatic carbocycles. The molecular weight excluding hydrogens is 270 g/mol. The fourth-order valence-electron chi connectivity index (χ4n) is 2.37. The molecule has 0 amide bonds. The second-order valence-electron chi connectivity index (χ2n) is 5.00. The first-order valence-electron chi connectivity index (χ1n) is 7.33. The molecule has 0 spiro atoms. The van der Waals surface area contributed by atoms with Crippen molar-refractivity contribution in [2.45, 2.75) is 38.8 Å². The summed E-state index contributed by atoms with van der Waals surface area (Å²) in [6.07, 6.45) is 3.32. The van der Waals surface area contributed by atoms with E-state index in [1.807, 2.05) is 0 Å². The van der Waals surface area contributed by atoms with Gasteiger partial charge in [0.25, 0.3) is 0 Å². The Hall–Kier alpha value is -0.860. The third kappa shape index (κ3) is 4.60. The van der Waals surface area contributed by atoms with Gasteiger partial charge in [-0.3, -0.25) is 4.90 Å². The van der Waals surface area contributed by atoms with Crippen LogP contribution in [0.1, 0.15) is 36.6 Å². The third-order valence-electron chi connectivity index (χ3n) is 3.51. The zero-order valence-electron chi connectivity index (χ0n) is 12.1. The van der Waals surface area contributed by atoms with Crippen LogP contribution < -0.4 is 0 Å². The van der Waals surface area contributed by atoms with Crippen LogP contribution in [0, 0.1) is 11.8 Å². The number of aliphatic hydroxyl groups is 1. The molecule has 4 heteroatoms. The number of nitrogens with zero attached hydrogens (tertiary/aromatic N) is 1. The summed E-state index contributed by atoms with van der Waals surface area (Å²) < 4.78 is 5.72. The van der Waals surface area contributed by atoms with Gasteiger partial charge in [0.15, 0.2) is 0 Å². The lowest BCUT2D eigenvalue weighted by molar-refractivity contribution is 0.0728. The van der Waals surface area contributed by atoms with Crippen molar-refractivity contribution in [2.75, 3.05) is 26.3 Å². The highest BCUT2D eigenvalue weighted by Gasteiger charge is 2.19. The average molecular weight is 293 g/mol. The summed E-state index contributed by atoms with van der Waals surface area (Å²) in [5.74, 6) is 6.17. The summed E-state index contributed by atoms with van der Waals surface area (Å²) >= 11 is 1.76. The molecule has 0 aliphatic carbocycles. The standard InChI is InChI=1S/C16H23NO2S/c1-2-17(12-15-7-5-10-19-15)13-16-14(8-11-20-16)6-3-4-9-18/h8,11,15,18H,2,4-5,7,9-10,12-13H2,1H3. The molecule has 1 aliphatic rings. The second-order valence-corrected chi connectivity index (χ2v) is 6.00. The Kier molecular flexibility index (Phi) is 6.55. The molecule has 1 unspecified atom stereocenters. The van der Waals surface area contributed by atoms with E-state index in [4.69, 9.17) is 9.84 Å². The van der Waals surface area contributed by atoms with E-state index in [1.54, 1.807) is 11.3 Å². The lowest BCUT2D eigenvalue weighted by Crippen LogP contribution is -2.31. The van der Waals surface area contributed by atoms with Crippen LogP contribution in [0.15, 0.2) is 11.4 Å². The lowest BCUT2D eigenvalue weighted by Gasteiger charge is -2.23. The normalized spacial score (nSPS) is 18.2. The van der Waals surface area contributed by atoms with Crippen LogP contribution in [-0.4, -0.2) is 42.4 Å². The predicted octanol–water partition coefficient (Wildman–Crippen LogP) is 2.48. The third-order valence-corrected chi connectivity index (χ3v) is 4.41. The van der Waals surface area contributed by atoms with Crippen molar-refractivity contribution in [1.29, 1.82) is 0 Å². The van der Waals surface area contributed by atoms with E-state index < -0.39 is 0 Å². The van der Waals surface area contributed by atoms with Crippen LogP contribution in [0.5, 0.6) is 0 Å². The van der Waals surface area contributed by atoms with Crippen LogP contribution in [0.4, 0.5) is 0 Å². The highest BCUT2D eigenvalue weighted by molar-refractivity contribution is 7.10. The van der Waals surface area contributed by atoms with Crippen LogP contribution >= 0.6 is 11.3 Å². The number of hydrogen-bond donors (Lipinski definition) is 1. The molecule has 1 aliphatic heterocycles. The zero-order valence-corrected chi connectivity index (χ0v) is 12.9. The molecule has 3 nitrogen and oxygen atoms in total. The summed E-state index contributed by atoms with van der Waals surface area (Å²) in [6.45, 7) is 6.22. The number of thiophene rings is 1. The first-order chi connectivity index (χ1) is 9.83. The van der Waals surface area contributed by atoms with E-state index in [-0.39, 0.29) is 6.61 Å². The molecule has 1 atom stereocenters. The van der Waals surface area contributed by atoms with Gasteiger partial charge in [-0.05, 0) is 30.8 Å². The number of rotatable bonds is 6. The van der Waals surface area contributed by atoms with Crippen molar-refractivity contribution < 1.29 is 9.84 Å². The Morgan fingerprint density at radius 2 is 2.45 bits per heavy atom. The van der Waals surface area contributed by atoms with E-state index in [9.17, 15) is 0 Å². The molecule has 20 heavy (non-hydrogen) atoms. The van der Waals surface area contributed by atoms with Gasteiger partial charge in [0.2, 0.25) is 0 Å². The summed E-state index contributed by atoms with van der Waals surface area (Å²) in [5, 5.41) is 10.9. The van der Waals surface area contributed by atoms with Crippen LogP contribution in [0.3, 0.4) is 0 Å². The predicted molar refractivity (Wildman–Crippen MR) is 82.8 cm³/mol. The number of aliphatic hydroxyl groups excluding tert-OH is 1. The van der Waals surface area contributed by atoms with E-state index >= 15 is 0 Å². The highest BCUT2D eigenvalue weighted by atomic mass is 32.1. The van der Waals surface area contributed by atoms with E-state index in [2.05, 4.69) is 35.1 Å². The quantitative estimate of drug-likeness (QED) is 0.818. The summed E-state index contributed by atoms with van der Waals surface area (Å²) in [7, 11) is 0. The minimum absolute atomic E-state index is 0.132. The van der Waals surface area contributed by atoms with Gasteiger partial charge in [-0.15, -0.1) is 11.3 Å². The summed E-state index contributed by atoms with van der Waals surface area (Å²) in [4.78, 5) is 3.74. The maximum atomic E-state index is 8.78.